The van der Waals surface area contributed by atoms with Crippen molar-refractivity contribution in [2.24, 2.45) is 0 Å². The van der Waals surface area contributed by atoms with Gasteiger partial charge in [0.2, 0.25) is 0 Å². The normalized spacial score (nSPS) is 13.7. The second-order valence-electron chi connectivity index (χ2n) is 26.6. The van der Waals surface area contributed by atoms with E-state index in [9.17, 15) is 19.5 Å². The Labute approximate surface area is 596 Å². The zero-order chi connectivity index (χ0) is 70.4. The SMILES string of the molecule is CC/C=C\C/C=C\C/C=C\C/C=C\C/C=C\C/C=C\C/C=C\C/C=C\C/C=C\CCCCCCCCCCCC(=O)OC(COC(=O)CCCCCCCCCCCCCCCCCC/C=C\C/C=C\C/C=C\C/C=C\C/C=C\C/C=C\CC)COC(OCC[N+](C)(C)C)C(=O)O. The molecule has 0 aromatic carbocycles. The highest BCUT2D eigenvalue weighted by molar-refractivity contribution is 5.71. The first kappa shape index (κ1) is 91.4. The largest absolute Gasteiger partial charge is 0.477 e. The molecule has 0 spiro atoms. The van der Waals surface area contributed by atoms with Gasteiger partial charge in [-0.05, 0) is 135 Å². The summed E-state index contributed by atoms with van der Waals surface area (Å²) in [6.07, 6.45) is 113. The molecule has 0 radical (unpaired) electrons. The van der Waals surface area contributed by atoms with Gasteiger partial charge in [0.25, 0.3) is 6.29 Å². The Kier molecular flexibility index (Phi) is 71.7. The van der Waals surface area contributed by atoms with E-state index in [2.05, 4.69) is 196 Å². The summed E-state index contributed by atoms with van der Waals surface area (Å²) in [7, 11) is 5.97. The van der Waals surface area contributed by atoms with Crippen LogP contribution in [0, 0.1) is 0 Å². The van der Waals surface area contributed by atoms with Gasteiger partial charge < -0.3 is 28.5 Å². The number of carboxylic acid groups (broad SMARTS) is 1. The molecule has 548 valence electrons. The van der Waals surface area contributed by atoms with Crippen molar-refractivity contribution in [1.82, 2.24) is 0 Å². The summed E-state index contributed by atoms with van der Waals surface area (Å²) in [6.45, 7) is 4.64. The van der Waals surface area contributed by atoms with Crippen LogP contribution in [0.1, 0.15) is 296 Å². The quantitative estimate of drug-likeness (QED) is 0.0211. The minimum absolute atomic E-state index is 0.179. The third kappa shape index (κ3) is 77.6. The van der Waals surface area contributed by atoms with E-state index in [-0.39, 0.29) is 32.2 Å². The first-order chi connectivity index (χ1) is 47.6. The maximum atomic E-state index is 13.0. The number of unbranched alkanes of at least 4 members (excludes halogenated alkanes) is 25. The van der Waals surface area contributed by atoms with Gasteiger partial charge >= 0.3 is 17.9 Å². The molecule has 0 amide bonds. The number of rotatable bonds is 70. The summed E-state index contributed by atoms with van der Waals surface area (Å²) >= 11 is 0. The highest BCUT2D eigenvalue weighted by Crippen LogP contribution is 2.17. The summed E-state index contributed by atoms with van der Waals surface area (Å²) in [4.78, 5) is 37.7. The fourth-order valence-corrected chi connectivity index (χ4v) is 10.3. The molecule has 0 saturated heterocycles. The lowest BCUT2D eigenvalue weighted by atomic mass is 10.0. The Bertz CT molecular complexity index is 2260. The number of hydrogen-bond acceptors (Lipinski definition) is 7. The van der Waals surface area contributed by atoms with Crippen molar-refractivity contribution >= 4 is 17.9 Å². The highest BCUT2D eigenvalue weighted by atomic mass is 16.7. The topological polar surface area (TPSA) is 108 Å². The monoisotopic (exact) mass is 1340 g/mol. The fraction of sp³-hybridized carbons (Fsp3) is 0.625. The van der Waals surface area contributed by atoms with Crippen molar-refractivity contribution in [1.29, 1.82) is 0 Å². The second-order valence-corrected chi connectivity index (χ2v) is 26.6. The van der Waals surface area contributed by atoms with Crippen LogP contribution in [0.5, 0.6) is 0 Å². The molecule has 0 aliphatic carbocycles. The Morgan fingerprint density at radius 3 is 0.825 bits per heavy atom. The zero-order valence-electron chi connectivity index (χ0n) is 62.7. The van der Waals surface area contributed by atoms with Gasteiger partial charge in [0.1, 0.15) is 13.2 Å². The van der Waals surface area contributed by atoms with Crippen LogP contribution in [0.25, 0.3) is 0 Å². The predicted molar refractivity (Wildman–Crippen MR) is 419 cm³/mol. The number of carbonyl (C=O) groups excluding carboxylic acids is 2. The molecule has 97 heavy (non-hydrogen) atoms. The van der Waals surface area contributed by atoms with E-state index in [1.54, 1.807) is 0 Å². The Hall–Kier alpha value is -5.61. The smallest absolute Gasteiger partial charge is 0.361 e. The number of likely N-dealkylation sites (N-methyl/N-ethyl adjacent to an activating group) is 1. The third-order valence-corrected chi connectivity index (χ3v) is 16.2. The number of quaternary nitrogens is 1. The van der Waals surface area contributed by atoms with Crippen molar-refractivity contribution in [3.05, 3.63) is 182 Å². The molecule has 0 aliphatic rings. The van der Waals surface area contributed by atoms with Crippen molar-refractivity contribution in [2.75, 3.05) is 47.5 Å². The van der Waals surface area contributed by atoms with Crippen molar-refractivity contribution in [2.45, 2.75) is 309 Å². The molecule has 0 aromatic heterocycles. The summed E-state index contributed by atoms with van der Waals surface area (Å²) in [5.74, 6) is -2.02. The summed E-state index contributed by atoms with van der Waals surface area (Å²) < 4.78 is 23.0. The van der Waals surface area contributed by atoms with Gasteiger partial charge in [0.15, 0.2) is 6.10 Å². The summed E-state index contributed by atoms with van der Waals surface area (Å²) in [6, 6.07) is 0. The van der Waals surface area contributed by atoms with Crippen LogP contribution in [0.15, 0.2) is 182 Å². The maximum absolute atomic E-state index is 13.0. The molecular formula is C88H144NO8+. The van der Waals surface area contributed by atoms with Gasteiger partial charge in [-0.25, -0.2) is 4.79 Å². The zero-order valence-corrected chi connectivity index (χ0v) is 62.7. The van der Waals surface area contributed by atoms with E-state index >= 15 is 0 Å². The number of nitrogens with zero attached hydrogens (tertiary/aromatic N) is 1. The van der Waals surface area contributed by atoms with Gasteiger partial charge in [-0.15, -0.1) is 0 Å². The van der Waals surface area contributed by atoms with E-state index in [0.717, 1.165) is 141 Å². The van der Waals surface area contributed by atoms with Gasteiger partial charge in [0, 0.05) is 12.8 Å². The molecule has 2 unspecified atom stereocenters. The van der Waals surface area contributed by atoms with Crippen molar-refractivity contribution in [3.63, 3.8) is 0 Å². The molecule has 0 saturated carbocycles. The molecule has 0 heterocycles. The van der Waals surface area contributed by atoms with Crippen LogP contribution < -0.4 is 0 Å². The number of carboxylic acids is 1. The standard InChI is InChI=1S/C88H143NO8/c1-6-8-10-12-14-16-18-20-22-24-26-28-30-32-34-36-38-40-42-43-45-47-49-51-53-55-57-59-61-63-65-67-69-71-73-75-77-79-86(91)97-84(83-96-88(87(92)93)94-81-80-89(3,4)5)82-95-85(90)78-76-74-72-70-68-66-64-62-60-58-56-54-52-50-48-46-44-41-39-37-35-33-31-29-27-25-23-21-19-17-15-13-11-9-7-2/h8-11,14-17,20-23,26-29,32-35,38-41,43,45,49,51,55,57,84,88H,6-7,12-13,18-19,24-25,30-31,36-37,42,44,46-48,50,52-54,56,58-83H2,1-5H3/p+1/b10-8-,11-9-,16-14-,17-15-,22-20-,23-21-,28-26-,29-27-,34-32-,35-33-,40-38-,41-39-,45-43-,51-49-,57-55-. The van der Waals surface area contributed by atoms with Gasteiger partial charge in [0.05, 0.1) is 34.4 Å². The van der Waals surface area contributed by atoms with Crippen LogP contribution in [0.3, 0.4) is 0 Å². The third-order valence-electron chi connectivity index (χ3n) is 16.2. The Balaban J connectivity index is 4.12. The summed E-state index contributed by atoms with van der Waals surface area (Å²) in [5, 5.41) is 9.77. The lowest BCUT2D eigenvalue weighted by molar-refractivity contribution is -0.870. The molecule has 0 rings (SSSR count). The molecule has 9 nitrogen and oxygen atoms in total. The molecule has 1 N–H and O–H groups in total. The lowest BCUT2D eigenvalue weighted by Gasteiger charge is -2.25. The lowest BCUT2D eigenvalue weighted by Crippen LogP contribution is -2.40. The molecule has 0 aliphatic heterocycles. The van der Waals surface area contributed by atoms with Crippen LogP contribution in [-0.4, -0.2) is 87.4 Å². The Morgan fingerprint density at radius 1 is 0.309 bits per heavy atom. The number of ether oxygens (including phenoxy) is 4. The van der Waals surface area contributed by atoms with E-state index < -0.39 is 24.3 Å². The van der Waals surface area contributed by atoms with Crippen molar-refractivity contribution in [3.8, 4) is 0 Å². The molecule has 9 heteroatoms. The van der Waals surface area contributed by atoms with Crippen LogP contribution in [-0.2, 0) is 33.3 Å². The second kappa shape index (κ2) is 76.1. The van der Waals surface area contributed by atoms with E-state index in [0.29, 0.717) is 23.9 Å². The van der Waals surface area contributed by atoms with E-state index in [1.807, 2.05) is 21.1 Å². The number of allylic oxidation sites excluding steroid dienone is 30. The predicted octanol–water partition coefficient (Wildman–Crippen LogP) is 25.1. The molecule has 0 fully saturated rings. The van der Waals surface area contributed by atoms with Crippen LogP contribution in [0.2, 0.25) is 0 Å². The summed E-state index contributed by atoms with van der Waals surface area (Å²) in [5.41, 5.74) is 0. The molecule has 0 bridgehead atoms. The highest BCUT2D eigenvalue weighted by Gasteiger charge is 2.25. The number of aliphatic carboxylic acids is 1. The maximum Gasteiger partial charge on any atom is 0.361 e. The van der Waals surface area contributed by atoms with Gasteiger partial charge in [-0.2, -0.15) is 0 Å². The number of hydrogen-bond donors (Lipinski definition) is 1. The van der Waals surface area contributed by atoms with Gasteiger partial charge in [-0.1, -0.05) is 331 Å². The van der Waals surface area contributed by atoms with Gasteiger partial charge in [-0.3, -0.25) is 9.59 Å². The van der Waals surface area contributed by atoms with Crippen LogP contribution in [0.4, 0.5) is 0 Å². The molecule has 2 atom stereocenters. The first-order valence-electron chi connectivity index (χ1n) is 38.9. The Morgan fingerprint density at radius 2 is 0.557 bits per heavy atom. The van der Waals surface area contributed by atoms with Crippen molar-refractivity contribution < 1.29 is 42.9 Å². The van der Waals surface area contributed by atoms with Crippen LogP contribution >= 0.6 is 0 Å². The molecule has 0 aromatic rings. The average molecular weight is 1340 g/mol. The average Bonchev–Trinajstić information content (AvgIpc) is 3.11. The number of carbonyl (C=O) groups is 3. The first-order valence-corrected chi connectivity index (χ1v) is 38.9. The van der Waals surface area contributed by atoms with E-state index in [4.69, 9.17) is 18.9 Å². The number of esters is 2. The minimum Gasteiger partial charge on any atom is -0.477 e. The van der Waals surface area contributed by atoms with E-state index in [1.165, 1.54) is 122 Å². The fourth-order valence-electron chi connectivity index (χ4n) is 10.3. The minimum atomic E-state index is -1.52. The molecular weight excluding hydrogens is 1200 g/mol.